The Hall–Kier alpha value is -2.42. The molecule has 1 aromatic carbocycles. The van der Waals surface area contributed by atoms with Crippen LogP contribution in [0.5, 0.6) is 0 Å². The Morgan fingerprint density at radius 1 is 1.30 bits per heavy atom. The first kappa shape index (κ1) is 14.0. The Morgan fingerprint density at radius 3 is 2.55 bits per heavy atom. The van der Waals surface area contributed by atoms with Crippen LogP contribution in [0.4, 0.5) is 11.4 Å². The standard InChI is InChI=1S/C11H12N4O4S/c1-7-6-10(15(16)17)8(2)5-9(7)14-20(18,19)11-3-4-12-13-11/h3-6,14H,1-2H3,(H,12,13). The van der Waals surface area contributed by atoms with Crippen LogP contribution in [0.1, 0.15) is 11.1 Å². The van der Waals surface area contributed by atoms with Gasteiger partial charge in [0.05, 0.1) is 16.8 Å². The molecule has 0 aliphatic heterocycles. The number of aromatic amines is 1. The molecule has 0 fully saturated rings. The van der Waals surface area contributed by atoms with Crippen molar-refractivity contribution >= 4 is 21.4 Å². The lowest BCUT2D eigenvalue weighted by atomic mass is 10.1. The van der Waals surface area contributed by atoms with Crippen LogP contribution in [0.15, 0.2) is 29.4 Å². The number of rotatable bonds is 4. The maximum Gasteiger partial charge on any atom is 0.278 e. The average molecular weight is 296 g/mol. The van der Waals surface area contributed by atoms with E-state index in [0.29, 0.717) is 16.8 Å². The van der Waals surface area contributed by atoms with E-state index in [2.05, 4.69) is 14.9 Å². The van der Waals surface area contributed by atoms with Crippen LogP contribution >= 0.6 is 0 Å². The Kier molecular flexibility index (Phi) is 3.45. The molecular weight excluding hydrogens is 284 g/mol. The SMILES string of the molecule is Cc1cc([N+](=O)[O-])c(C)cc1NS(=O)(=O)c1ccn[nH]1. The monoisotopic (exact) mass is 296 g/mol. The first-order valence-corrected chi connectivity index (χ1v) is 7.07. The number of hydrogen-bond donors (Lipinski definition) is 2. The van der Waals surface area contributed by atoms with Gasteiger partial charge in [0, 0.05) is 11.6 Å². The first-order valence-electron chi connectivity index (χ1n) is 5.59. The van der Waals surface area contributed by atoms with Gasteiger partial charge in [0.25, 0.3) is 15.7 Å². The highest BCUT2D eigenvalue weighted by Crippen LogP contribution is 2.27. The Labute approximate surface area is 115 Å². The molecule has 2 rings (SSSR count). The molecule has 0 aliphatic carbocycles. The largest absolute Gasteiger partial charge is 0.278 e. The predicted octanol–water partition coefficient (Wildman–Crippen LogP) is 1.74. The van der Waals surface area contributed by atoms with Crippen molar-refractivity contribution in [2.75, 3.05) is 4.72 Å². The number of benzene rings is 1. The number of H-pyrrole nitrogens is 1. The smallest absolute Gasteiger partial charge is 0.278 e. The second-order valence-corrected chi connectivity index (χ2v) is 5.89. The van der Waals surface area contributed by atoms with Crippen molar-refractivity contribution in [1.82, 2.24) is 10.2 Å². The van der Waals surface area contributed by atoms with E-state index in [9.17, 15) is 18.5 Å². The Morgan fingerprint density at radius 2 is 2.00 bits per heavy atom. The number of nitrogens with zero attached hydrogens (tertiary/aromatic N) is 2. The average Bonchev–Trinajstić information content (AvgIpc) is 2.87. The van der Waals surface area contributed by atoms with Gasteiger partial charge in [0.1, 0.15) is 0 Å². The summed E-state index contributed by atoms with van der Waals surface area (Å²) >= 11 is 0. The maximum atomic E-state index is 12.0. The molecule has 0 amide bonds. The lowest BCUT2D eigenvalue weighted by Gasteiger charge is -2.10. The Balaban J connectivity index is 2.41. The molecule has 0 spiro atoms. The summed E-state index contributed by atoms with van der Waals surface area (Å²) in [6, 6.07) is 4.08. The van der Waals surface area contributed by atoms with Crippen molar-refractivity contribution in [3.8, 4) is 0 Å². The maximum absolute atomic E-state index is 12.0. The van der Waals surface area contributed by atoms with Crippen LogP contribution in [0.2, 0.25) is 0 Å². The van der Waals surface area contributed by atoms with Crippen molar-refractivity contribution in [3.63, 3.8) is 0 Å². The quantitative estimate of drug-likeness (QED) is 0.658. The van der Waals surface area contributed by atoms with Crippen molar-refractivity contribution in [2.24, 2.45) is 0 Å². The van der Waals surface area contributed by atoms with E-state index in [1.54, 1.807) is 13.8 Å². The molecule has 1 aromatic heterocycles. The van der Waals surface area contributed by atoms with Gasteiger partial charge in [-0.3, -0.25) is 19.9 Å². The summed E-state index contributed by atoms with van der Waals surface area (Å²) in [5.74, 6) is 0. The summed E-state index contributed by atoms with van der Waals surface area (Å²) in [5.41, 5.74) is 1.09. The first-order chi connectivity index (χ1) is 9.31. The van der Waals surface area contributed by atoms with Gasteiger partial charge in [-0.25, -0.2) is 0 Å². The van der Waals surface area contributed by atoms with Crippen LogP contribution in [0, 0.1) is 24.0 Å². The summed E-state index contributed by atoms with van der Waals surface area (Å²) in [6.07, 6.45) is 1.32. The third-order valence-electron chi connectivity index (χ3n) is 2.75. The van der Waals surface area contributed by atoms with Gasteiger partial charge in [-0.05, 0) is 31.5 Å². The highest BCUT2D eigenvalue weighted by molar-refractivity contribution is 7.92. The zero-order chi connectivity index (χ0) is 14.9. The van der Waals surface area contributed by atoms with Crippen LogP contribution < -0.4 is 4.72 Å². The van der Waals surface area contributed by atoms with Crippen LogP contribution in [-0.4, -0.2) is 23.5 Å². The van der Waals surface area contributed by atoms with Crippen LogP contribution in [-0.2, 0) is 10.0 Å². The molecule has 20 heavy (non-hydrogen) atoms. The summed E-state index contributed by atoms with van der Waals surface area (Å²) in [4.78, 5) is 10.3. The molecule has 2 N–H and O–H groups in total. The fourth-order valence-corrected chi connectivity index (χ4v) is 2.73. The minimum absolute atomic E-state index is 0.0491. The van der Waals surface area contributed by atoms with E-state index in [1.807, 2.05) is 0 Å². The van der Waals surface area contributed by atoms with Crippen LogP contribution in [0.25, 0.3) is 0 Å². The van der Waals surface area contributed by atoms with Crippen molar-refractivity contribution in [1.29, 1.82) is 0 Å². The highest BCUT2D eigenvalue weighted by atomic mass is 32.2. The summed E-state index contributed by atoms with van der Waals surface area (Å²) < 4.78 is 26.4. The second kappa shape index (κ2) is 4.93. The minimum Gasteiger partial charge on any atom is -0.278 e. The molecule has 2 aromatic rings. The number of nitro groups is 1. The number of hydrogen-bond acceptors (Lipinski definition) is 5. The highest BCUT2D eigenvalue weighted by Gasteiger charge is 2.19. The van der Waals surface area contributed by atoms with Gasteiger partial charge in [0.2, 0.25) is 0 Å². The lowest BCUT2D eigenvalue weighted by molar-refractivity contribution is -0.385. The Bertz CT molecular complexity index is 753. The molecule has 8 nitrogen and oxygen atoms in total. The molecular formula is C11H12N4O4S. The third kappa shape index (κ3) is 2.62. The molecule has 0 bridgehead atoms. The number of aromatic nitrogens is 2. The summed E-state index contributed by atoms with van der Waals surface area (Å²) in [5, 5.41) is 16.7. The van der Waals surface area contributed by atoms with E-state index < -0.39 is 14.9 Å². The van der Waals surface area contributed by atoms with Crippen LogP contribution in [0.3, 0.4) is 0 Å². The van der Waals surface area contributed by atoms with Crippen molar-refractivity contribution in [3.05, 3.63) is 45.6 Å². The second-order valence-electron chi connectivity index (χ2n) is 4.24. The normalized spacial score (nSPS) is 11.3. The minimum atomic E-state index is -3.78. The van der Waals surface area contributed by atoms with E-state index in [0.717, 1.165) is 0 Å². The topological polar surface area (TPSA) is 118 Å². The fourth-order valence-electron chi connectivity index (χ4n) is 1.70. The number of sulfonamides is 1. The number of nitro benzene ring substituents is 1. The fraction of sp³-hybridized carbons (Fsp3) is 0.182. The number of nitrogens with one attached hydrogen (secondary N) is 2. The molecule has 0 aliphatic rings. The zero-order valence-corrected chi connectivity index (χ0v) is 11.6. The molecule has 1 heterocycles. The lowest BCUT2D eigenvalue weighted by Crippen LogP contribution is -2.14. The van der Waals surface area contributed by atoms with Gasteiger partial charge in [-0.15, -0.1) is 0 Å². The van der Waals surface area contributed by atoms with Gasteiger partial charge in [-0.1, -0.05) is 0 Å². The summed E-state index contributed by atoms with van der Waals surface area (Å²) in [7, 11) is -3.78. The van der Waals surface area contributed by atoms with E-state index in [4.69, 9.17) is 0 Å². The van der Waals surface area contributed by atoms with E-state index in [-0.39, 0.29) is 10.7 Å². The van der Waals surface area contributed by atoms with Crippen molar-refractivity contribution in [2.45, 2.75) is 18.9 Å². The number of aryl methyl sites for hydroxylation is 2. The van der Waals surface area contributed by atoms with Gasteiger partial charge in [-0.2, -0.15) is 13.5 Å². The zero-order valence-electron chi connectivity index (χ0n) is 10.7. The van der Waals surface area contributed by atoms with Gasteiger partial charge in [0.15, 0.2) is 5.03 Å². The molecule has 0 unspecified atom stereocenters. The van der Waals surface area contributed by atoms with E-state index >= 15 is 0 Å². The molecule has 0 radical (unpaired) electrons. The summed E-state index contributed by atoms with van der Waals surface area (Å²) in [6.45, 7) is 3.14. The molecule has 106 valence electrons. The molecule has 0 atom stereocenters. The number of anilines is 1. The van der Waals surface area contributed by atoms with Crippen molar-refractivity contribution < 1.29 is 13.3 Å². The van der Waals surface area contributed by atoms with E-state index in [1.165, 1.54) is 24.4 Å². The predicted molar refractivity (Wildman–Crippen MR) is 72.0 cm³/mol. The molecule has 9 heteroatoms. The van der Waals surface area contributed by atoms with Gasteiger partial charge < -0.3 is 0 Å². The molecule has 0 saturated carbocycles. The van der Waals surface area contributed by atoms with Gasteiger partial charge >= 0.3 is 0 Å². The third-order valence-corrected chi connectivity index (χ3v) is 4.04. The molecule has 0 saturated heterocycles.